The molecule has 36 heavy (non-hydrogen) atoms. The fourth-order valence-corrected chi connectivity index (χ4v) is 4.34. The lowest BCUT2D eigenvalue weighted by Gasteiger charge is -2.42. The summed E-state index contributed by atoms with van der Waals surface area (Å²) in [4.78, 5) is 35.1. The molecule has 0 spiro atoms. The molecule has 3 N–H and O–H groups in total. The number of H-pyrrole nitrogens is 1. The van der Waals surface area contributed by atoms with Crippen molar-refractivity contribution in [2.45, 2.75) is 47.1 Å². The zero-order valence-electron chi connectivity index (χ0n) is 21.7. The second kappa shape index (κ2) is 9.32. The molecule has 0 bridgehead atoms. The second-order valence-corrected chi connectivity index (χ2v) is 10.9. The number of hydrogen-bond donors (Lipinski definition) is 3. The molecule has 1 aliphatic rings. The summed E-state index contributed by atoms with van der Waals surface area (Å²) in [5.74, 6) is 1.82. The zero-order chi connectivity index (χ0) is 26.3. The minimum absolute atomic E-state index is 0.0595. The molecule has 2 amide bonds. The molecule has 12 heteroatoms. The van der Waals surface area contributed by atoms with Crippen molar-refractivity contribution in [1.82, 2.24) is 34.6 Å². The molecule has 194 valence electrons. The molecular weight excluding hydrogens is 462 g/mol. The highest BCUT2D eigenvalue weighted by Crippen LogP contribution is 2.27. The average molecular weight is 498 g/mol. The van der Waals surface area contributed by atoms with Crippen molar-refractivity contribution in [3.8, 4) is 0 Å². The van der Waals surface area contributed by atoms with E-state index in [2.05, 4.69) is 25.5 Å². The van der Waals surface area contributed by atoms with Gasteiger partial charge in [-0.25, -0.2) is 9.31 Å². The average Bonchev–Trinajstić information content (AvgIpc) is 3.45. The number of amides is 2. The number of aryl methyl sites for hydroxylation is 1. The number of nitrogens with zero attached hydrogens (tertiary/aromatic N) is 7. The van der Waals surface area contributed by atoms with Crippen LogP contribution in [0.2, 0.25) is 0 Å². The van der Waals surface area contributed by atoms with Gasteiger partial charge in [0.25, 0.3) is 0 Å². The van der Waals surface area contributed by atoms with E-state index in [1.54, 1.807) is 23.3 Å². The van der Waals surface area contributed by atoms with Crippen LogP contribution in [-0.4, -0.2) is 90.0 Å². The molecule has 12 nitrogen and oxygen atoms in total. The Morgan fingerprint density at radius 3 is 2.44 bits per heavy atom. The lowest BCUT2D eigenvalue weighted by Crippen LogP contribution is -2.57. The normalized spacial score (nSPS) is 14.8. The maximum Gasteiger partial charge on any atom is 0.407 e. The molecule has 0 radical (unpaired) electrons. The molecule has 0 saturated carbocycles. The largest absolute Gasteiger partial charge is 0.465 e. The molecule has 4 rings (SSSR count). The Bertz CT molecular complexity index is 1250. The SMILES string of the molecule is Cc1cc(Nc2nc(N3CCN(C(=O)C(C)(C)CN(C(=O)O)C(C)(C)C)CC3)nn3cccc23)n[nH]1. The number of aromatic amines is 1. The standard InChI is InChI=1S/C24H35N9O3/c1-16-14-18(28-27-16)25-19-17-8-7-9-33(17)29-21(26-19)31-12-10-30(11-13-31)20(34)24(5,6)15-32(22(35)36)23(2,3)4/h7-9,14H,10-13,15H2,1-6H3,(H,35,36)(H2,25,26,27,28,29). The van der Waals surface area contributed by atoms with Gasteiger partial charge < -0.3 is 25.1 Å². The highest BCUT2D eigenvalue weighted by atomic mass is 16.4. The number of carbonyl (C=O) groups excluding carboxylic acids is 1. The third kappa shape index (κ3) is 5.21. The third-order valence-corrected chi connectivity index (χ3v) is 6.35. The Kier molecular flexibility index (Phi) is 6.54. The van der Waals surface area contributed by atoms with Gasteiger partial charge in [-0.15, -0.1) is 5.10 Å². The van der Waals surface area contributed by atoms with Gasteiger partial charge in [0.2, 0.25) is 11.9 Å². The van der Waals surface area contributed by atoms with Crippen molar-refractivity contribution in [3.05, 3.63) is 30.1 Å². The van der Waals surface area contributed by atoms with Crippen LogP contribution in [0.15, 0.2) is 24.4 Å². The number of fused-ring (bicyclic) bond motifs is 1. The fraction of sp³-hybridized carbons (Fsp3) is 0.542. The number of carboxylic acid groups (broad SMARTS) is 1. The predicted octanol–water partition coefficient (Wildman–Crippen LogP) is 2.96. The summed E-state index contributed by atoms with van der Waals surface area (Å²) < 4.78 is 1.78. The third-order valence-electron chi connectivity index (χ3n) is 6.35. The van der Waals surface area contributed by atoms with Crippen LogP contribution in [-0.2, 0) is 4.79 Å². The summed E-state index contributed by atoms with van der Waals surface area (Å²) in [6.07, 6.45) is 0.841. The van der Waals surface area contributed by atoms with Crippen LogP contribution in [0.25, 0.3) is 5.52 Å². The van der Waals surface area contributed by atoms with E-state index in [0.29, 0.717) is 43.8 Å². The minimum Gasteiger partial charge on any atom is -0.465 e. The molecule has 0 aliphatic carbocycles. The van der Waals surface area contributed by atoms with Crippen molar-refractivity contribution >= 4 is 35.1 Å². The van der Waals surface area contributed by atoms with Gasteiger partial charge in [-0.3, -0.25) is 9.89 Å². The van der Waals surface area contributed by atoms with Gasteiger partial charge in [-0.05, 0) is 53.7 Å². The topological polar surface area (TPSA) is 135 Å². The second-order valence-electron chi connectivity index (χ2n) is 10.9. The number of anilines is 3. The summed E-state index contributed by atoms with van der Waals surface area (Å²) in [6.45, 7) is 13.3. The van der Waals surface area contributed by atoms with E-state index < -0.39 is 17.0 Å². The molecule has 1 aliphatic heterocycles. The Morgan fingerprint density at radius 1 is 1.17 bits per heavy atom. The smallest absolute Gasteiger partial charge is 0.407 e. The molecule has 1 fully saturated rings. The van der Waals surface area contributed by atoms with Crippen LogP contribution in [0.5, 0.6) is 0 Å². The van der Waals surface area contributed by atoms with Crippen LogP contribution in [0.1, 0.15) is 40.3 Å². The quantitative estimate of drug-likeness (QED) is 0.473. The van der Waals surface area contributed by atoms with Crippen LogP contribution >= 0.6 is 0 Å². The van der Waals surface area contributed by atoms with Gasteiger partial charge in [-0.1, -0.05) is 0 Å². The van der Waals surface area contributed by atoms with Gasteiger partial charge in [0, 0.05) is 56.2 Å². The maximum atomic E-state index is 13.4. The van der Waals surface area contributed by atoms with E-state index >= 15 is 0 Å². The van der Waals surface area contributed by atoms with Crippen LogP contribution in [0, 0.1) is 12.3 Å². The number of piperazine rings is 1. The molecule has 3 aromatic heterocycles. The number of aromatic nitrogens is 5. The lowest BCUT2D eigenvalue weighted by molar-refractivity contribution is -0.142. The summed E-state index contributed by atoms with van der Waals surface area (Å²) >= 11 is 0. The molecule has 0 aromatic carbocycles. The zero-order valence-corrected chi connectivity index (χ0v) is 21.7. The van der Waals surface area contributed by atoms with E-state index in [1.165, 1.54) is 4.90 Å². The molecule has 4 heterocycles. The van der Waals surface area contributed by atoms with Crippen molar-refractivity contribution in [2.75, 3.05) is 42.9 Å². The number of rotatable bonds is 6. The Morgan fingerprint density at radius 2 is 1.86 bits per heavy atom. The van der Waals surface area contributed by atoms with Gasteiger partial charge in [-0.2, -0.15) is 10.1 Å². The molecule has 0 unspecified atom stereocenters. The first-order chi connectivity index (χ1) is 16.8. The molecule has 1 saturated heterocycles. The monoisotopic (exact) mass is 497 g/mol. The van der Waals surface area contributed by atoms with Crippen LogP contribution < -0.4 is 10.2 Å². The fourth-order valence-electron chi connectivity index (χ4n) is 4.34. The summed E-state index contributed by atoms with van der Waals surface area (Å²) in [5.41, 5.74) is 0.317. The summed E-state index contributed by atoms with van der Waals surface area (Å²) in [7, 11) is 0. The van der Waals surface area contributed by atoms with E-state index in [9.17, 15) is 14.7 Å². The van der Waals surface area contributed by atoms with E-state index in [-0.39, 0.29) is 12.5 Å². The van der Waals surface area contributed by atoms with E-state index in [0.717, 1.165) is 11.2 Å². The number of carbonyl (C=O) groups is 2. The summed E-state index contributed by atoms with van der Waals surface area (Å²) in [5, 5.41) is 24.7. The lowest BCUT2D eigenvalue weighted by atomic mass is 9.88. The maximum absolute atomic E-state index is 13.4. The van der Waals surface area contributed by atoms with Crippen molar-refractivity contribution in [2.24, 2.45) is 5.41 Å². The summed E-state index contributed by atoms with van der Waals surface area (Å²) in [6, 6.07) is 5.74. The predicted molar refractivity (Wildman–Crippen MR) is 137 cm³/mol. The van der Waals surface area contributed by atoms with Crippen LogP contribution in [0.4, 0.5) is 22.4 Å². The van der Waals surface area contributed by atoms with Crippen molar-refractivity contribution in [3.63, 3.8) is 0 Å². The van der Waals surface area contributed by atoms with Crippen molar-refractivity contribution in [1.29, 1.82) is 0 Å². The Hall–Kier alpha value is -3.83. The van der Waals surface area contributed by atoms with Gasteiger partial charge in [0.1, 0.15) is 5.52 Å². The minimum atomic E-state index is -1.03. The molecule has 3 aromatic rings. The highest BCUT2D eigenvalue weighted by molar-refractivity contribution is 5.83. The first-order valence-electron chi connectivity index (χ1n) is 12.0. The van der Waals surface area contributed by atoms with Gasteiger partial charge in [0.15, 0.2) is 11.6 Å². The Labute approximate surface area is 210 Å². The number of hydrogen-bond acceptors (Lipinski definition) is 7. The van der Waals surface area contributed by atoms with Gasteiger partial charge >= 0.3 is 6.09 Å². The highest BCUT2D eigenvalue weighted by Gasteiger charge is 2.39. The number of nitrogens with one attached hydrogen (secondary N) is 2. The van der Waals surface area contributed by atoms with Gasteiger partial charge in [0.05, 0.1) is 5.41 Å². The molecule has 0 atom stereocenters. The van der Waals surface area contributed by atoms with E-state index in [4.69, 9.17) is 4.98 Å². The Balaban J connectivity index is 1.46. The van der Waals surface area contributed by atoms with Crippen LogP contribution in [0.3, 0.4) is 0 Å². The van der Waals surface area contributed by atoms with E-state index in [1.807, 2.05) is 52.1 Å². The first kappa shape index (κ1) is 25.3. The van der Waals surface area contributed by atoms with Crippen molar-refractivity contribution < 1.29 is 14.7 Å². The molecular formula is C24H35N9O3. The first-order valence-corrected chi connectivity index (χ1v) is 12.0.